The molecule has 0 aromatic heterocycles. The molecule has 1 aromatic rings. The molecule has 0 saturated heterocycles. The molecule has 0 radical (unpaired) electrons. The fourth-order valence-corrected chi connectivity index (χ4v) is 2.16. The van der Waals surface area contributed by atoms with Gasteiger partial charge in [-0.25, -0.2) is 0 Å². The number of benzene rings is 1. The van der Waals surface area contributed by atoms with Crippen molar-refractivity contribution in [2.75, 3.05) is 6.54 Å². The molecule has 3 N–H and O–H groups in total. The van der Waals surface area contributed by atoms with E-state index in [4.69, 9.17) is 10.5 Å². The van der Waals surface area contributed by atoms with Crippen LogP contribution in [0.15, 0.2) is 30.3 Å². The van der Waals surface area contributed by atoms with Gasteiger partial charge >= 0.3 is 5.97 Å². The highest BCUT2D eigenvalue weighted by molar-refractivity contribution is 5.69. The maximum Gasteiger partial charge on any atom is 0.306 e. The quantitative estimate of drug-likeness (QED) is 0.713. The Hall–Kier alpha value is -1.39. The van der Waals surface area contributed by atoms with Gasteiger partial charge in [-0.1, -0.05) is 37.3 Å². The summed E-state index contributed by atoms with van der Waals surface area (Å²) in [4.78, 5) is 11.8. The lowest BCUT2D eigenvalue weighted by atomic mass is 9.96. The van der Waals surface area contributed by atoms with E-state index in [9.17, 15) is 9.90 Å². The predicted molar refractivity (Wildman–Crippen MR) is 79.2 cm³/mol. The van der Waals surface area contributed by atoms with Crippen LogP contribution in [0.5, 0.6) is 0 Å². The molecule has 4 heteroatoms. The van der Waals surface area contributed by atoms with Crippen molar-refractivity contribution in [1.29, 1.82) is 0 Å². The topological polar surface area (TPSA) is 72.6 Å². The highest BCUT2D eigenvalue weighted by Crippen LogP contribution is 2.14. The number of carbonyl (C=O) groups excluding carboxylic acids is 1. The Morgan fingerprint density at radius 2 is 2.00 bits per heavy atom. The summed E-state index contributed by atoms with van der Waals surface area (Å²) in [7, 11) is 0. The monoisotopic (exact) mass is 279 g/mol. The van der Waals surface area contributed by atoms with Gasteiger partial charge in [0.05, 0.1) is 6.10 Å². The third kappa shape index (κ3) is 5.31. The van der Waals surface area contributed by atoms with Crippen LogP contribution in [0.3, 0.4) is 0 Å². The van der Waals surface area contributed by atoms with Gasteiger partial charge in [-0.3, -0.25) is 4.79 Å². The molecule has 0 saturated carbocycles. The summed E-state index contributed by atoms with van der Waals surface area (Å²) < 4.78 is 5.27. The van der Waals surface area contributed by atoms with Crippen LogP contribution in [-0.4, -0.2) is 29.8 Å². The summed E-state index contributed by atoms with van der Waals surface area (Å²) in [6.45, 7) is 4.07. The van der Waals surface area contributed by atoms with E-state index >= 15 is 0 Å². The third-order valence-electron chi connectivity index (χ3n) is 3.57. The van der Waals surface area contributed by atoms with Crippen molar-refractivity contribution in [2.24, 2.45) is 11.7 Å². The van der Waals surface area contributed by atoms with Gasteiger partial charge in [0.2, 0.25) is 0 Å². The van der Waals surface area contributed by atoms with Gasteiger partial charge in [0.1, 0.15) is 6.10 Å². The number of aliphatic hydroxyl groups excluding tert-OH is 1. The molecule has 0 fully saturated rings. The molecule has 20 heavy (non-hydrogen) atoms. The number of rotatable bonds is 8. The van der Waals surface area contributed by atoms with Gasteiger partial charge in [-0.05, 0) is 31.9 Å². The van der Waals surface area contributed by atoms with E-state index in [1.807, 2.05) is 37.3 Å². The minimum atomic E-state index is -0.703. The second-order valence-electron chi connectivity index (χ2n) is 5.08. The molecular formula is C16H25NO3. The van der Waals surface area contributed by atoms with E-state index in [0.717, 1.165) is 12.0 Å². The lowest BCUT2D eigenvalue weighted by molar-refractivity contribution is -0.155. The number of hydrogen-bond donors (Lipinski definition) is 2. The summed E-state index contributed by atoms with van der Waals surface area (Å²) in [5.74, 6) is -0.320. The van der Waals surface area contributed by atoms with Crippen molar-refractivity contribution in [3.8, 4) is 0 Å². The number of nitrogens with two attached hydrogens (primary N) is 1. The van der Waals surface area contributed by atoms with E-state index in [0.29, 0.717) is 19.4 Å². The van der Waals surface area contributed by atoms with Gasteiger partial charge in [-0.2, -0.15) is 0 Å². The van der Waals surface area contributed by atoms with E-state index in [-0.39, 0.29) is 11.9 Å². The Morgan fingerprint density at radius 3 is 2.55 bits per heavy atom. The van der Waals surface area contributed by atoms with Crippen LogP contribution in [-0.2, 0) is 16.0 Å². The summed E-state index contributed by atoms with van der Waals surface area (Å²) >= 11 is 0. The van der Waals surface area contributed by atoms with Gasteiger partial charge in [0.25, 0.3) is 0 Å². The van der Waals surface area contributed by atoms with Crippen LogP contribution in [0.1, 0.15) is 32.3 Å². The molecule has 0 bridgehead atoms. The molecule has 1 rings (SSSR count). The fourth-order valence-electron chi connectivity index (χ4n) is 2.16. The molecular weight excluding hydrogens is 254 g/mol. The van der Waals surface area contributed by atoms with Crippen molar-refractivity contribution in [2.45, 2.75) is 45.3 Å². The van der Waals surface area contributed by atoms with Crippen molar-refractivity contribution in [1.82, 2.24) is 0 Å². The van der Waals surface area contributed by atoms with E-state index < -0.39 is 12.2 Å². The standard InChI is InChI=1S/C16H25NO3/c1-3-14(11-17)16(19)12(2)20-15(18)10-9-13-7-5-4-6-8-13/h4-8,12,14,16,19H,3,9-11,17H2,1-2H3. The summed E-state index contributed by atoms with van der Waals surface area (Å²) in [6.07, 6.45) is 0.512. The zero-order valence-corrected chi connectivity index (χ0v) is 12.3. The minimum Gasteiger partial charge on any atom is -0.460 e. The van der Waals surface area contributed by atoms with Crippen molar-refractivity contribution >= 4 is 5.97 Å². The third-order valence-corrected chi connectivity index (χ3v) is 3.57. The Morgan fingerprint density at radius 1 is 1.35 bits per heavy atom. The number of carbonyl (C=O) groups is 1. The first-order chi connectivity index (χ1) is 9.58. The number of aryl methyl sites for hydroxylation is 1. The lowest BCUT2D eigenvalue weighted by Gasteiger charge is -2.25. The average Bonchev–Trinajstić information content (AvgIpc) is 2.47. The molecule has 0 spiro atoms. The van der Waals surface area contributed by atoms with E-state index in [1.165, 1.54) is 0 Å². The molecule has 1 aromatic carbocycles. The van der Waals surface area contributed by atoms with Crippen LogP contribution in [0.2, 0.25) is 0 Å². The summed E-state index contributed by atoms with van der Waals surface area (Å²) in [5.41, 5.74) is 6.69. The Bertz CT molecular complexity index is 390. The molecule has 0 amide bonds. The first-order valence-electron chi connectivity index (χ1n) is 7.20. The SMILES string of the molecule is CCC(CN)C(O)C(C)OC(=O)CCc1ccccc1. The Balaban J connectivity index is 2.38. The maximum atomic E-state index is 11.8. The van der Waals surface area contributed by atoms with Crippen LogP contribution in [0.4, 0.5) is 0 Å². The molecule has 0 aliphatic carbocycles. The van der Waals surface area contributed by atoms with E-state index in [2.05, 4.69) is 0 Å². The van der Waals surface area contributed by atoms with Gasteiger partial charge in [0.15, 0.2) is 0 Å². The molecule has 0 aliphatic heterocycles. The minimum absolute atomic E-state index is 0.0353. The fraction of sp³-hybridized carbons (Fsp3) is 0.562. The Kier molecular flexibility index (Phi) is 7.26. The van der Waals surface area contributed by atoms with Crippen molar-refractivity contribution in [3.63, 3.8) is 0 Å². The lowest BCUT2D eigenvalue weighted by Crippen LogP contribution is -2.38. The van der Waals surface area contributed by atoms with Crippen molar-refractivity contribution in [3.05, 3.63) is 35.9 Å². The molecule has 112 valence electrons. The second-order valence-corrected chi connectivity index (χ2v) is 5.08. The van der Waals surface area contributed by atoms with E-state index in [1.54, 1.807) is 6.92 Å². The summed E-state index contributed by atoms with van der Waals surface area (Å²) in [5, 5.41) is 10.1. The first kappa shape index (κ1) is 16.7. The molecule has 3 atom stereocenters. The highest BCUT2D eigenvalue weighted by Gasteiger charge is 2.25. The smallest absolute Gasteiger partial charge is 0.306 e. The first-order valence-corrected chi connectivity index (χ1v) is 7.20. The average molecular weight is 279 g/mol. The molecule has 0 aliphatic rings. The van der Waals surface area contributed by atoms with Crippen LogP contribution in [0, 0.1) is 5.92 Å². The number of aliphatic hydroxyl groups is 1. The zero-order valence-electron chi connectivity index (χ0n) is 12.3. The van der Waals surface area contributed by atoms with Gasteiger partial charge in [-0.15, -0.1) is 0 Å². The zero-order chi connectivity index (χ0) is 15.0. The predicted octanol–water partition coefficient (Wildman–Crippen LogP) is 1.90. The molecule has 3 unspecified atom stereocenters. The maximum absolute atomic E-state index is 11.8. The highest BCUT2D eigenvalue weighted by atomic mass is 16.6. The Labute approximate surface area is 120 Å². The molecule has 0 heterocycles. The van der Waals surface area contributed by atoms with Crippen LogP contribution < -0.4 is 5.73 Å². The van der Waals surface area contributed by atoms with Gasteiger partial charge in [0, 0.05) is 12.3 Å². The van der Waals surface area contributed by atoms with Crippen LogP contribution >= 0.6 is 0 Å². The van der Waals surface area contributed by atoms with Gasteiger partial charge < -0.3 is 15.6 Å². The number of ether oxygens (including phenoxy) is 1. The van der Waals surface area contributed by atoms with Crippen LogP contribution in [0.25, 0.3) is 0 Å². The largest absolute Gasteiger partial charge is 0.460 e. The number of esters is 1. The number of hydrogen-bond acceptors (Lipinski definition) is 4. The summed E-state index contributed by atoms with van der Waals surface area (Å²) in [6, 6.07) is 9.79. The normalized spacial score (nSPS) is 15.4. The second kappa shape index (κ2) is 8.72. The van der Waals surface area contributed by atoms with Crippen molar-refractivity contribution < 1.29 is 14.6 Å². The molecule has 4 nitrogen and oxygen atoms in total.